The molecule has 16 heavy (non-hydrogen) atoms. The molecule has 82 valence electrons. The zero-order valence-electron chi connectivity index (χ0n) is 8.46. The van der Waals surface area contributed by atoms with E-state index >= 15 is 0 Å². The third-order valence-electron chi connectivity index (χ3n) is 1.79. The summed E-state index contributed by atoms with van der Waals surface area (Å²) in [5.41, 5.74) is 6.55. The van der Waals surface area contributed by atoms with E-state index in [2.05, 4.69) is 0 Å². The Morgan fingerprint density at radius 2 is 1.44 bits per heavy atom. The van der Waals surface area contributed by atoms with E-state index < -0.39 is 11.9 Å². The van der Waals surface area contributed by atoms with E-state index in [1.54, 1.807) is 30.3 Å². The Morgan fingerprint density at radius 1 is 1.00 bits per heavy atom. The minimum Gasteiger partial charge on any atom is -0.478 e. The number of hydrogen-bond acceptors (Lipinski definition) is 2. The van der Waals surface area contributed by atoms with Gasteiger partial charge in [-0.05, 0) is 23.3 Å². The highest BCUT2D eigenvalue weighted by molar-refractivity contribution is 5.90. The molecule has 0 bridgehead atoms. The van der Waals surface area contributed by atoms with Crippen LogP contribution in [0.2, 0.25) is 0 Å². The van der Waals surface area contributed by atoms with E-state index in [1.807, 2.05) is 0 Å². The Labute approximate surface area is 92.7 Å². The van der Waals surface area contributed by atoms with Crippen LogP contribution in [0.1, 0.15) is 11.1 Å². The zero-order chi connectivity index (χ0) is 12.0. The number of benzene rings is 1. The van der Waals surface area contributed by atoms with Gasteiger partial charge in [0.2, 0.25) is 5.91 Å². The van der Waals surface area contributed by atoms with Gasteiger partial charge < -0.3 is 10.8 Å². The maximum absolute atomic E-state index is 10.5. The Balaban J connectivity index is 2.75. The number of nitrogens with two attached hydrogens (primary N) is 1. The molecule has 4 nitrogen and oxygen atoms in total. The van der Waals surface area contributed by atoms with Crippen LogP contribution in [0.15, 0.2) is 36.4 Å². The van der Waals surface area contributed by atoms with Crippen LogP contribution in [0, 0.1) is 0 Å². The van der Waals surface area contributed by atoms with Crippen molar-refractivity contribution in [2.45, 2.75) is 0 Å². The molecule has 1 aromatic carbocycles. The second-order valence-corrected chi connectivity index (χ2v) is 3.07. The molecule has 0 aliphatic carbocycles. The predicted molar refractivity (Wildman–Crippen MR) is 61.3 cm³/mol. The summed E-state index contributed by atoms with van der Waals surface area (Å²) in [4.78, 5) is 20.7. The van der Waals surface area contributed by atoms with Crippen LogP contribution in [-0.4, -0.2) is 17.0 Å². The largest absolute Gasteiger partial charge is 0.478 e. The molecule has 0 heterocycles. The monoisotopic (exact) mass is 217 g/mol. The fraction of sp³-hybridized carbons (Fsp3) is 0. The summed E-state index contributed by atoms with van der Waals surface area (Å²) in [5, 5.41) is 8.43. The number of carbonyl (C=O) groups is 2. The molecular weight excluding hydrogens is 206 g/mol. The first-order valence-corrected chi connectivity index (χ1v) is 4.56. The molecule has 1 rings (SSSR count). The second-order valence-electron chi connectivity index (χ2n) is 3.07. The summed E-state index contributed by atoms with van der Waals surface area (Å²) in [6.45, 7) is 0. The smallest absolute Gasteiger partial charge is 0.328 e. The van der Waals surface area contributed by atoms with Gasteiger partial charge in [0.15, 0.2) is 0 Å². The Kier molecular flexibility index (Phi) is 4.03. The molecule has 0 radical (unpaired) electrons. The van der Waals surface area contributed by atoms with E-state index in [0.29, 0.717) is 0 Å². The van der Waals surface area contributed by atoms with E-state index in [-0.39, 0.29) is 0 Å². The fourth-order valence-electron chi connectivity index (χ4n) is 1.06. The first kappa shape index (κ1) is 11.7. The highest BCUT2D eigenvalue weighted by atomic mass is 16.4. The van der Waals surface area contributed by atoms with E-state index in [1.165, 1.54) is 12.2 Å². The third kappa shape index (κ3) is 4.23. The van der Waals surface area contributed by atoms with Crippen LogP contribution in [0.25, 0.3) is 12.2 Å². The van der Waals surface area contributed by atoms with Crippen LogP contribution >= 0.6 is 0 Å². The van der Waals surface area contributed by atoms with Crippen molar-refractivity contribution in [3.63, 3.8) is 0 Å². The van der Waals surface area contributed by atoms with Crippen molar-refractivity contribution in [3.05, 3.63) is 47.5 Å². The van der Waals surface area contributed by atoms with Crippen molar-refractivity contribution >= 4 is 24.0 Å². The molecule has 1 aromatic rings. The number of primary amides is 1. The van der Waals surface area contributed by atoms with Crippen molar-refractivity contribution in [1.29, 1.82) is 0 Å². The van der Waals surface area contributed by atoms with Crippen LogP contribution < -0.4 is 5.73 Å². The van der Waals surface area contributed by atoms with Crippen molar-refractivity contribution < 1.29 is 14.7 Å². The Bertz CT molecular complexity index is 401. The van der Waals surface area contributed by atoms with Crippen molar-refractivity contribution in [2.75, 3.05) is 0 Å². The molecule has 0 aromatic heterocycles. The van der Waals surface area contributed by atoms with Crippen LogP contribution in [-0.2, 0) is 9.59 Å². The van der Waals surface area contributed by atoms with Gasteiger partial charge in [-0.3, -0.25) is 4.79 Å². The lowest BCUT2D eigenvalue weighted by Gasteiger charge is -1.94. The molecule has 0 spiro atoms. The number of carboxylic acid groups (broad SMARTS) is 1. The van der Waals surface area contributed by atoms with Gasteiger partial charge in [-0.15, -0.1) is 0 Å². The normalized spacial score (nSPS) is 11.0. The quantitative estimate of drug-likeness (QED) is 0.745. The van der Waals surface area contributed by atoms with Crippen LogP contribution in [0.3, 0.4) is 0 Å². The maximum atomic E-state index is 10.5. The van der Waals surface area contributed by atoms with Crippen molar-refractivity contribution in [1.82, 2.24) is 0 Å². The lowest BCUT2D eigenvalue weighted by molar-refractivity contribution is -0.131. The molecule has 1 amide bonds. The summed E-state index contributed by atoms with van der Waals surface area (Å²) < 4.78 is 0. The van der Waals surface area contributed by atoms with Gasteiger partial charge in [-0.1, -0.05) is 24.3 Å². The standard InChI is InChI=1S/C12H11NO3/c13-11(14)7-5-9-1-3-10(4-2-9)6-8-12(15)16/h1-8H,(H2,13,14)(H,15,16)/b7-5+,8-6+. The van der Waals surface area contributed by atoms with Gasteiger partial charge in [0.1, 0.15) is 0 Å². The summed E-state index contributed by atoms with van der Waals surface area (Å²) in [6.07, 6.45) is 5.41. The number of rotatable bonds is 4. The average molecular weight is 217 g/mol. The predicted octanol–water partition coefficient (Wildman–Crippen LogP) is 1.28. The molecule has 0 atom stereocenters. The number of hydrogen-bond donors (Lipinski definition) is 2. The minimum absolute atomic E-state index is 0.505. The first-order valence-electron chi connectivity index (χ1n) is 4.56. The number of aliphatic carboxylic acids is 1. The maximum Gasteiger partial charge on any atom is 0.328 e. The SMILES string of the molecule is NC(=O)/C=C/c1ccc(/C=C/C(=O)O)cc1. The number of carboxylic acids is 1. The molecule has 4 heteroatoms. The summed E-state index contributed by atoms with van der Waals surface area (Å²) >= 11 is 0. The van der Waals surface area contributed by atoms with Gasteiger partial charge in [0.05, 0.1) is 0 Å². The second kappa shape index (κ2) is 5.50. The van der Waals surface area contributed by atoms with Gasteiger partial charge in [0, 0.05) is 12.2 Å². The number of carbonyl (C=O) groups excluding carboxylic acids is 1. The van der Waals surface area contributed by atoms with Gasteiger partial charge in [0.25, 0.3) is 0 Å². The Hall–Kier alpha value is -2.36. The minimum atomic E-state index is -0.988. The zero-order valence-corrected chi connectivity index (χ0v) is 8.46. The molecular formula is C12H11NO3. The Morgan fingerprint density at radius 3 is 1.81 bits per heavy atom. The summed E-state index contributed by atoms with van der Waals surface area (Å²) in [6, 6.07) is 7.03. The number of amides is 1. The van der Waals surface area contributed by atoms with Gasteiger partial charge in [-0.2, -0.15) is 0 Å². The molecule has 0 fully saturated rings. The average Bonchev–Trinajstić information content (AvgIpc) is 2.25. The topological polar surface area (TPSA) is 80.4 Å². The molecule has 0 aliphatic rings. The van der Waals surface area contributed by atoms with E-state index in [0.717, 1.165) is 17.2 Å². The van der Waals surface area contributed by atoms with Gasteiger partial charge >= 0.3 is 5.97 Å². The molecule has 0 saturated carbocycles. The van der Waals surface area contributed by atoms with Crippen molar-refractivity contribution in [3.8, 4) is 0 Å². The molecule has 3 N–H and O–H groups in total. The van der Waals surface area contributed by atoms with Gasteiger partial charge in [-0.25, -0.2) is 4.79 Å². The highest BCUT2D eigenvalue weighted by Gasteiger charge is 1.91. The summed E-state index contributed by atoms with van der Waals surface area (Å²) in [5.74, 6) is -1.49. The molecule has 0 unspecified atom stereocenters. The highest BCUT2D eigenvalue weighted by Crippen LogP contribution is 2.07. The van der Waals surface area contributed by atoms with E-state index in [4.69, 9.17) is 10.8 Å². The lowest BCUT2D eigenvalue weighted by Crippen LogP contribution is -2.04. The molecule has 0 saturated heterocycles. The lowest BCUT2D eigenvalue weighted by atomic mass is 10.1. The van der Waals surface area contributed by atoms with Crippen LogP contribution in [0.4, 0.5) is 0 Å². The van der Waals surface area contributed by atoms with Crippen LogP contribution in [0.5, 0.6) is 0 Å². The first-order chi connectivity index (χ1) is 7.58. The molecule has 0 aliphatic heterocycles. The van der Waals surface area contributed by atoms with Crippen molar-refractivity contribution in [2.24, 2.45) is 5.73 Å². The fourth-order valence-corrected chi connectivity index (χ4v) is 1.06. The third-order valence-corrected chi connectivity index (χ3v) is 1.79. The summed E-state index contributed by atoms with van der Waals surface area (Å²) in [7, 11) is 0. The van der Waals surface area contributed by atoms with E-state index in [9.17, 15) is 9.59 Å².